The summed E-state index contributed by atoms with van der Waals surface area (Å²) >= 11 is 1.62. The number of hydrogen-bond donors (Lipinski definition) is 1. The number of para-hydroxylation sites is 1. The molecular weight excluding hydrogens is 366 g/mol. The second-order valence-corrected chi connectivity index (χ2v) is 7.76. The van der Waals surface area contributed by atoms with E-state index in [1.165, 1.54) is 0 Å². The fraction of sp³-hybridized carbons (Fsp3) is 0.579. The van der Waals surface area contributed by atoms with E-state index in [-0.39, 0.29) is 12.2 Å². The van der Waals surface area contributed by atoms with Crippen molar-refractivity contribution < 1.29 is 19.4 Å². The summed E-state index contributed by atoms with van der Waals surface area (Å²) in [4.78, 5) is 20.1. The number of fused-ring (bicyclic) bond motifs is 1. The summed E-state index contributed by atoms with van der Waals surface area (Å²) in [6, 6.07) is 8.01. The van der Waals surface area contributed by atoms with Gasteiger partial charge >= 0.3 is 6.09 Å². The number of piperazine rings is 1. The van der Waals surface area contributed by atoms with Crippen LogP contribution in [-0.4, -0.2) is 77.5 Å². The van der Waals surface area contributed by atoms with Gasteiger partial charge in [-0.2, -0.15) is 0 Å². The minimum Gasteiger partial charge on any atom is -0.450 e. The van der Waals surface area contributed by atoms with Crippen LogP contribution in [0.5, 0.6) is 0 Å². The largest absolute Gasteiger partial charge is 0.450 e. The number of ether oxygens (including phenoxy) is 2. The molecule has 1 fully saturated rings. The third-order valence-electron chi connectivity index (χ3n) is 4.69. The number of β-amino-alcohol motifs (C(OH)–C–C–N with tert-alkyl or cyclic N) is 1. The van der Waals surface area contributed by atoms with E-state index in [1.54, 1.807) is 23.2 Å². The number of aliphatic hydroxyl groups is 1. The Morgan fingerprint density at radius 1 is 1.30 bits per heavy atom. The van der Waals surface area contributed by atoms with E-state index in [9.17, 15) is 9.90 Å². The van der Waals surface area contributed by atoms with Crippen molar-refractivity contribution in [2.75, 3.05) is 39.3 Å². The van der Waals surface area contributed by atoms with Crippen molar-refractivity contribution in [1.29, 1.82) is 0 Å². The number of thiazole rings is 1. The lowest BCUT2D eigenvalue weighted by atomic mass is 10.2. The van der Waals surface area contributed by atoms with E-state index in [0.717, 1.165) is 28.3 Å². The fourth-order valence-electron chi connectivity index (χ4n) is 3.04. The molecule has 2 unspecified atom stereocenters. The van der Waals surface area contributed by atoms with Crippen LogP contribution in [0.1, 0.15) is 18.9 Å². The second kappa shape index (κ2) is 9.45. The Kier molecular flexibility index (Phi) is 7.01. The maximum Gasteiger partial charge on any atom is 0.409 e. The van der Waals surface area contributed by atoms with Crippen LogP contribution in [0.2, 0.25) is 0 Å². The number of carbonyl (C=O) groups is 1. The second-order valence-electron chi connectivity index (χ2n) is 6.65. The van der Waals surface area contributed by atoms with Crippen LogP contribution in [0.4, 0.5) is 4.79 Å². The zero-order valence-corrected chi connectivity index (χ0v) is 16.7. The molecule has 1 aromatic carbocycles. The summed E-state index contributed by atoms with van der Waals surface area (Å²) < 4.78 is 12.0. The molecule has 0 spiro atoms. The third kappa shape index (κ3) is 5.38. The van der Waals surface area contributed by atoms with Crippen molar-refractivity contribution in [3.05, 3.63) is 29.3 Å². The number of aromatic nitrogens is 1. The Bertz CT molecular complexity index is 712. The van der Waals surface area contributed by atoms with Crippen molar-refractivity contribution in [3.8, 4) is 0 Å². The van der Waals surface area contributed by atoms with Crippen molar-refractivity contribution in [1.82, 2.24) is 14.8 Å². The molecule has 2 heterocycles. The molecule has 0 bridgehead atoms. The lowest BCUT2D eigenvalue weighted by molar-refractivity contribution is -0.0509. The van der Waals surface area contributed by atoms with Crippen molar-refractivity contribution in [2.45, 2.75) is 32.7 Å². The predicted octanol–water partition coefficient (Wildman–Crippen LogP) is 2.34. The van der Waals surface area contributed by atoms with Crippen LogP contribution in [0.15, 0.2) is 24.3 Å². The summed E-state index contributed by atoms with van der Waals surface area (Å²) in [5.74, 6) is 0. The van der Waals surface area contributed by atoms with E-state index in [4.69, 9.17) is 9.47 Å². The maximum absolute atomic E-state index is 11.7. The third-order valence-corrected chi connectivity index (χ3v) is 5.70. The van der Waals surface area contributed by atoms with Crippen LogP contribution in [0.25, 0.3) is 10.2 Å². The van der Waals surface area contributed by atoms with Gasteiger partial charge in [0, 0.05) is 32.7 Å². The highest BCUT2D eigenvalue weighted by molar-refractivity contribution is 7.18. The molecule has 1 amide bonds. The van der Waals surface area contributed by atoms with Gasteiger partial charge in [-0.15, -0.1) is 11.3 Å². The Balaban J connectivity index is 1.41. The van der Waals surface area contributed by atoms with Crippen molar-refractivity contribution in [2.24, 2.45) is 0 Å². The molecule has 7 nitrogen and oxygen atoms in total. The van der Waals surface area contributed by atoms with Crippen LogP contribution in [0.3, 0.4) is 0 Å². The summed E-state index contributed by atoms with van der Waals surface area (Å²) in [6.07, 6.45) is -1.14. The lowest BCUT2D eigenvalue weighted by Crippen LogP contribution is -2.51. The standard InChI is InChI=1S/C19H27N3O4S/c1-3-25-19(24)22-10-8-21(9-11-22)12-16(23)14(2)26-13-18-20-15-6-4-5-7-17(15)27-18/h4-7,14,16,23H,3,8-13H2,1-2H3. The van der Waals surface area contributed by atoms with E-state index >= 15 is 0 Å². The zero-order valence-electron chi connectivity index (χ0n) is 15.8. The number of nitrogens with zero attached hydrogens (tertiary/aromatic N) is 3. The normalized spacial score (nSPS) is 17.8. The van der Waals surface area contributed by atoms with Gasteiger partial charge in [0.1, 0.15) is 5.01 Å². The zero-order chi connectivity index (χ0) is 19.2. The first-order valence-electron chi connectivity index (χ1n) is 9.35. The average molecular weight is 394 g/mol. The van der Waals surface area contributed by atoms with Crippen LogP contribution in [0, 0.1) is 0 Å². The summed E-state index contributed by atoms with van der Waals surface area (Å²) in [6.45, 7) is 7.68. The molecule has 2 atom stereocenters. The molecule has 0 radical (unpaired) electrons. The number of hydrogen-bond acceptors (Lipinski definition) is 7. The van der Waals surface area contributed by atoms with Gasteiger partial charge in [0.25, 0.3) is 0 Å². The number of benzene rings is 1. The first kappa shape index (κ1) is 20.0. The summed E-state index contributed by atoms with van der Waals surface area (Å²) in [7, 11) is 0. The molecule has 27 heavy (non-hydrogen) atoms. The molecule has 1 aliphatic heterocycles. The maximum atomic E-state index is 11.7. The average Bonchev–Trinajstić information content (AvgIpc) is 3.09. The molecule has 1 N–H and O–H groups in total. The van der Waals surface area contributed by atoms with E-state index in [2.05, 4.69) is 9.88 Å². The molecule has 1 saturated heterocycles. The Labute approximate surface area is 163 Å². The van der Waals surface area contributed by atoms with E-state index < -0.39 is 6.10 Å². The van der Waals surface area contributed by atoms with Gasteiger partial charge in [-0.3, -0.25) is 4.90 Å². The van der Waals surface area contributed by atoms with Crippen molar-refractivity contribution in [3.63, 3.8) is 0 Å². The molecule has 1 aliphatic rings. The Hall–Kier alpha value is -1.74. The molecule has 3 rings (SSSR count). The quantitative estimate of drug-likeness (QED) is 0.778. The molecule has 0 aliphatic carbocycles. The van der Waals surface area contributed by atoms with Crippen LogP contribution < -0.4 is 0 Å². The van der Waals surface area contributed by atoms with E-state index in [0.29, 0.717) is 32.8 Å². The van der Waals surface area contributed by atoms with Gasteiger partial charge in [-0.05, 0) is 26.0 Å². The van der Waals surface area contributed by atoms with Gasteiger partial charge in [0.15, 0.2) is 0 Å². The van der Waals surface area contributed by atoms with Crippen LogP contribution in [-0.2, 0) is 16.1 Å². The molecule has 0 saturated carbocycles. The smallest absolute Gasteiger partial charge is 0.409 e. The van der Waals surface area contributed by atoms with Gasteiger partial charge in [-0.1, -0.05) is 12.1 Å². The SMILES string of the molecule is CCOC(=O)N1CCN(CC(O)C(C)OCc2nc3ccccc3s2)CC1. The Morgan fingerprint density at radius 2 is 2.04 bits per heavy atom. The first-order chi connectivity index (χ1) is 13.1. The highest BCUT2D eigenvalue weighted by Crippen LogP contribution is 2.22. The first-order valence-corrected chi connectivity index (χ1v) is 10.2. The minimum absolute atomic E-state index is 0.259. The number of carbonyl (C=O) groups excluding carboxylic acids is 1. The highest BCUT2D eigenvalue weighted by atomic mass is 32.1. The van der Waals surface area contributed by atoms with Gasteiger partial charge in [-0.25, -0.2) is 9.78 Å². The monoisotopic (exact) mass is 393 g/mol. The van der Waals surface area contributed by atoms with Gasteiger partial charge in [0.2, 0.25) is 0 Å². The van der Waals surface area contributed by atoms with Gasteiger partial charge in [0.05, 0.1) is 35.6 Å². The molecule has 1 aromatic heterocycles. The number of aliphatic hydroxyl groups excluding tert-OH is 1. The molecule has 2 aromatic rings. The predicted molar refractivity (Wildman–Crippen MR) is 105 cm³/mol. The minimum atomic E-state index is -0.589. The molecular formula is C19H27N3O4S. The number of amides is 1. The molecule has 8 heteroatoms. The fourth-order valence-corrected chi connectivity index (χ4v) is 3.93. The summed E-state index contributed by atoms with van der Waals surface area (Å²) in [5, 5.41) is 11.4. The van der Waals surface area contributed by atoms with Gasteiger partial charge < -0.3 is 19.5 Å². The lowest BCUT2D eigenvalue weighted by Gasteiger charge is -2.35. The molecule has 148 valence electrons. The Morgan fingerprint density at radius 3 is 2.74 bits per heavy atom. The topological polar surface area (TPSA) is 75.1 Å². The summed E-state index contributed by atoms with van der Waals surface area (Å²) in [5.41, 5.74) is 0.980. The van der Waals surface area contributed by atoms with Crippen LogP contribution >= 0.6 is 11.3 Å². The highest BCUT2D eigenvalue weighted by Gasteiger charge is 2.25. The van der Waals surface area contributed by atoms with E-state index in [1.807, 2.05) is 31.2 Å². The van der Waals surface area contributed by atoms with Crippen molar-refractivity contribution >= 4 is 27.6 Å². The number of rotatable bonds is 7.